The van der Waals surface area contributed by atoms with Gasteiger partial charge in [-0.3, -0.25) is 29.0 Å². The number of fused-ring (bicyclic) bond motifs is 1. The van der Waals surface area contributed by atoms with Crippen LogP contribution in [0.4, 0.5) is 11.5 Å². The standard InChI is InChI=1S/C55H72ClN11O7/c1-3-38-5-4-6-40(30-38)41-31-46(62-49(70)35-64-25-27-73-28-26-64)51(59-32-41)55(72)66-19-13-44(14-20-66)74-43-11-17-63(18-12-43)34-48(69)58-16-15-57-33-45(39-7-9-42(56)10-8-39)54(71)67-23-21-65(22-24-67)53-50-37(2)29-47(68)52(50)60-36-61-53/h4-10,30-32,36-37,43-45,47,57,68H,3,11-29,33-35H2,1-2H3,(H,58,69)(H,62,70)/t37-,45-,47-/m1/s1. The van der Waals surface area contributed by atoms with Crippen LogP contribution in [-0.2, 0) is 30.3 Å². The number of rotatable bonds is 18. The van der Waals surface area contributed by atoms with E-state index in [9.17, 15) is 24.3 Å². The number of likely N-dealkylation sites (tertiary alicyclic amines) is 2. The van der Waals surface area contributed by atoms with Crippen LogP contribution in [0.3, 0.4) is 0 Å². The summed E-state index contributed by atoms with van der Waals surface area (Å²) in [6, 6.07) is 17.5. The van der Waals surface area contributed by atoms with Crippen molar-refractivity contribution in [2.24, 2.45) is 0 Å². The number of aliphatic hydroxyl groups is 1. The van der Waals surface area contributed by atoms with Crippen molar-refractivity contribution in [3.63, 3.8) is 0 Å². The Morgan fingerprint density at radius 3 is 2.23 bits per heavy atom. The second-order valence-electron chi connectivity index (χ2n) is 20.3. The number of hydrogen-bond acceptors (Lipinski definition) is 14. The fraction of sp³-hybridized carbons (Fsp3) is 0.545. The Bertz CT molecular complexity index is 2560. The van der Waals surface area contributed by atoms with Gasteiger partial charge in [0.15, 0.2) is 5.69 Å². The zero-order valence-electron chi connectivity index (χ0n) is 42.9. The molecular formula is C55H72ClN11O7. The number of ether oxygens (including phenoxy) is 2. The number of amides is 4. The van der Waals surface area contributed by atoms with Gasteiger partial charge in [0.25, 0.3) is 5.91 Å². The molecule has 6 heterocycles. The third-order valence-electron chi connectivity index (χ3n) is 15.2. The minimum absolute atomic E-state index is 0.0244. The topological polar surface area (TPSA) is 198 Å². The first-order valence-corrected chi connectivity index (χ1v) is 27.0. The molecule has 4 aliphatic heterocycles. The molecule has 0 unspecified atom stereocenters. The number of halogens is 1. The lowest BCUT2D eigenvalue weighted by Gasteiger charge is -2.38. The quantitative estimate of drug-likeness (QED) is 0.102. The van der Waals surface area contributed by atoms with E-state index in [0.29, 0.717) is 127 Å². The number of morpholine rings is 1. The molecule has 0 bridgehead atoms. The highest BCUT2D eigenvalue weighted by Gasteiger charge is 2.36. The number of carbonyl (C=O) groups is 4. The lowest BCUT2D eigenvalue weighted by molar-refractivity contribution is -0.133. The van der Waals surface area contributed by atoms with Gasteiger partial charge >= 0.3 is 0 Å². The van der Waals surface area contributed by atoms with Crippen LogP contribution in [0, 0.1) is 0 Å². The molecule has 396 valence electrons. The second kappa shape index (κ2) is 25.3. The molecule has 0 radical (unpaired) electrons. The van der Waals surface area contributed by atoms with E-state index in [4.69, 9.17) is 21.1 Å². The molecule has 0 spiro atoms. The van der Waals surface area contributed by atoms with Gasteiger partial charge in [0.1, 0.15) is 12.1 Å². The van der Waals surface area contributed by atoms with Crippen molar-refractivity contribution in [1.29, 1.82) is 0 Å². The van der Waals surface area contributed by atoms with Gasteiger partial charge in [0, 0.05) is 107 Å². The summed E-state index contributed by atoms with van der Waals surface area (Å²) in [4.78, 5) is 78.4. The van der Waals surface area contributed by atoms with Crippen LogP contribution in [0.5, 0.6) is 0 Å². The molecule has 3 atom stereocenters. The fourth-order valence-corrected chi connectivity index (χ4v) is 11.1. The van der Waals surface area contributed by atoms with Crippen molar-refractivity contribution >= 4 is 46.7 Å². The lowest BCUT2D eigenvalue weighted by Crippen LogP contribution is -2.51. The Hall–Kier alpha value is -5.60. The molecule has 1 aliphatic carbocycles. The average Bonchev–Trinajstić information content (AvgIpc) is 3.72. The summed E-state index contributed by atoms with van der Waals surface area (Å²) in [5.74, 6) is 0.185. The summed E-state index contributed by atoms with van der Waals surface area (Å²) < 4.78 is 12.0. The third-order valence-corrected chi connectivity index (χ3v) is 15.5. The smallest absolute Gasteiger partial charge is 0.274 e. The average molecular weight is 1030 g/mol. The molecule has 2 aromatic heterocycles. The monoisotopic (exact) mass is 1030 g/mol. The van der Waals surface area contributed by atoms with E-state index in [0.717, 1.165) is 60.4 Å². The van der Waals surface area contributed by atoms with E-state index >= 15 is 0 Å². The molecule has 74 heavy (non-hydrogen) atoms. The molecule has 4 saturated heterocycles. The normalized spacial score (nSPS) is 20.6. The van der Waals surface area contributed by atoms with Crippen LogP contribution in [0.15, 0.2) is 67.1 Å². The largest absolute Gasteiger partial charge is 0.387 e. The van der Waals surface area contributed by atoms with Crippen LogP contribution in [0.2, 0.25) is 5.02 Å². The minimum Gasteiger partial charge on any atom is -0.387 e. The van der Waals surface area contributed by atoms with Gasteiger partial charge in [-0.1, -0.05) is 61.8 Å². The summed E-state index contributed by atoms with van der Waals surface area (Å²) in [5, 5.41) is 20.6. The van der Waals surface area contributed by atoms with Crippen LogP contribution in [-0.4, -0.2) is 187 Å². The maximum Gasteiger partial charge on any atom is 0.274 e. The van der Waals surface area contributed by atoms with Crippen LogP contribution in [0.1, 0.15) is 96.8 Å². The number of anilines is 2. The molecule has 4 aromatic rings. The number of pyridine rings is 1. The van der Waals surface area contributed by atoms with E-state index in [1.54, 1.807) is 6.20 Å². The maximum atomic E-state index is 14.1. The third kappa shape index (κ3) is 13.4. The van der Waals surface area contributed by atoms with E-state index in [2.05, 4.69) is 66.7 Å². The van der Waals surface area contributed by atoms with Crippen molar-refractivity contribution < 1.29 is 33.8 Å². The zero-order valence-corrected chi connectivity index (χ0v) is 43.6. The van der Waals surface area contributed by atoms with Gasteiger partial charge in [-0.25, -0.2) is 15.0 Å². The minimum atomic E-state index is -0.574. The summed E-state index contributed by atoms with van der Waals surface area (Å²) in [5.41, 5.74) is 6.26. The van der Waals surface area contributed by atoms with E-state index in [1.807, 2.05) is 57.2 Å². The number of hydrogen-bond donors (Lipinski definition) is 4. The van der Waals surface area contributed by atoms with Crippen molar-refractivity contribution in [3.05, 3.63) is 100 Å². The van der Waals surface area contributed by atoms with E-state index in [-0.39, 0.29) is 54.0 Å². The first-order valence-electron chi connectivity index (χ1n) is 26.7. The molecule has 5 aliphatic rings. The van der Waals surface area contributed by atoms with Crippen molar-refractivity contribution in [2.75, 3.05) is 122 Å². The number of carbonyl (C=O) groups excluding carboxylic acids is 4. The van der Waals surface area contributed by atoms with Crippen molar-refractivity contribution in [1.82, 2.24) is 45.2 Å². The Balaban J connectivity index is 0.691. The van der Waals surface area contributed by atoms with Gasteiger partial charge in [0.2, 0.25) is 17.7 Å². The predicted molar refractivity (Wildman–Crippen MR) is 283 cm³/mol. The number of nitrogens with zero attached hydrogens (tertiary/aromatic N) is 8. The van der Waals surface area contributed by atoms with Gasteiger partial charge < -0.3 is 45.2 Å². The highest BCUT2D eigenvalue weighted by atomic mass is 35.5. The number of nitrogens with one attached hydrogen (secondary N) is 3. The van der Waals surface area contributed by atoms with Gasteiger partial charge in [-0.05, 0) is 79.3 Å². The number of aliphatic hydroxyl groups excluding tert-OH is 1. The molecule has 4 fully saturated rings. The van der Waals surface area contributed by atoms with E-state index < -0.39 is 12.0 Å². The van der Waals surface area contributed by atoms with Crippen LogP contribution >= 0.6 is 11.6 Å². The number of aromatic nitrogens is 3. The highest BCUT2D eigenvalue weighted by Crippen LogP contribution is 2.43. The number of benzene rings is 2. The first kappa shape index (κ1) is 53.2. The van der Waals surface area contributed by atoms with Crippen LogP contribution in [0.25, 0.3) is 11.1 Å². The summed E-state index contributed by atoms with van der Waals surface area (Å²) in [6.07, 6.45) is 7.35. The SMILES string of the molecule is CCc1cccc(-c2cnc(C(=O)N3CCC(OC4CCN(CC(=O)NCCNC[C@@H](C(=O)N5CCN(c6ncnc7c6[C@H](C)C[C@H]7O)CC5)c5ccc(Cl)cc5)CC4)CC3)c(NC(=O)CN3CCOCC3)c2)c1. The van der Waals surface area contributed by atoms with Crippen molar-refractivity contribution in [2.45, 2.75) is 82.5 Å². The molecular weight excluding hydrogens is 962 g/mol. The summed E-state index contributed by atoms with van der Waals surface area (Å²) >= 11 is 6.24. The summed E-state index contributed by atoms with van der Waals surface area (Å²) in [7, 11) is 0. The molecule has 18 nitrogen and oxygen atoms in total. The zero-order chi connectivity index (χ0) is 51.6. The molecule has 19 heteroatoms. The first-order chi connectivity index (χ1) is 36.0. The van der Waals surface area contributed by atoms with Gasteiger partial charge in [-0.15, -0.1) is 0 Å². The van der Waals surface area contributed by atoms with Crippen molar-refractivity contribution in [3.8, 4) is 11.1 Å². The Labute approximate surface area is 439 Å². The number of aryl methyl sites for hydroxylation is 1. The molecule has 4 N–H and O–H groups in total. The molecule has 2 aromatic carbocycles. The predicted octanol–water partition coefficient (Wildman–Crippen LogP) is 4.49. The maximum absolute atomic E-state index is 14.1. The lowest BCUT2D eigenvalue weighted by atomic mass is 9.97. The Morgan fingerprint density at radius 1 is 0.797 bits per heavy atom. The Morgan fingerprint density at radius 2 is 1.50 bits per heavy atom. The fourth-order valence-electron chi connectivity index (χ4n) is 11.0. The number of piperazine rings is 1. The van der Waals surface area contributed by atoms with Crippen LogP contribution < -0.4 is 20.9 Å². The number of piperidine rings is 2. The molecule has 0 saturated carbocycles. The molecule has 9 rings (SSSR count). The Kier molecular flexibility index (Phi) is 18.2. The second-order valence-corrected chi connectivity index (χ2v) is 20.8. The summed E-state index contributed by atoms with van der Waals surface area (Å²) in [6.45, 7) is 13.5. The van der Waals surface area contributed by atoms with E-state index in [1.165, 1.54) is 11.9 Å². The van der Waals surface area contributed by atoms with Gasteiger partial charge in [0.05, 0.1) is 61.9 Å². The molecule has 4 amide bonds. The highest BCUT2D eigenvalue weighted by molar-refractivity contribution is 6.30. The van der Waals surface area contributed by atoms with Gasteiger partial charge in [-0.2, -0.15) is 0 Å².